The predicted octanol–water partition coefficient (Wildman–Crippen LogP) is 4.24. The third-order valence-corrected chi connectivity index (χ3v) is 5.44. The fourth-order valence-electron chi connectivity index (χ4n) is 3.76. The summed E-state index contributed by atoms with van der Waals surface area (Å²) in [5.74, 6) is 2.07. The first-order valence-corrected chi connectivity index (χ1v) is 10.2. The molecule has 0 saturated carbocycles. The Kier molecular flexibility index (Phi) is 6.14. The van der Waals surface area contributed by atoms with E-state index in [9.17, 15) is 4.79 Å². The molecule has 0 radical (unpaired) electrons. The number of aryl methyl sites for hydroxylation is 1. The number of nitrogens with zero attached hydrogens (tertiary/aromatic N) is 1. The Morgan fingerprint density at radius 1 is 1.13 bits per heavy atom. The van der Waals surface area contributed by atoms with Gasteiger partial charge in [0.2, 0.25) is 5.89 Å². The van der Waals surface area contributed by atoms with Crippen LogP contribution in [0, 0.1) is 6.92 Å². The van der Waals surface area contributed by atoms with Crippen molar-refractivity contribution in [2.45, 2.75) is 38.3 Å². The van der Waals surface area contributed by atoms with Gasteiger partial charge >= 0.3 is 5.97 Å². The van der Waals surface area contributed by atoms with E-state index in [0.717, 1.165) is 41.2 Å². The molecule has 1 unspecified atom stereocenters. The minimum atomic E-state index is -0.220. The average Bonchev–Trinajstić information content (AvgIpc) is 3.42. The summed E-state index contributed by atoms with van der Waals surface area (Å²) in [7, 11) is 1.42. The Labute approximate surface area is 176 Å². The molecule has 6 heteroatoms. The third kappa shape index (κ3) is 4.54. The van der Waals surface area contributed by atoms with Crippen LogP contribution >= 0.6 is 0 Å². The minimum absolute atomic E-state index is 0.164. The van der Waals surface area contributed by atoms with Crippen LogP contribution in [0.4, 0.5) is 0 Å². The van der Waals surface area contributed by atoms with Gasteiger partial charge in [-0.05, 0) is 49.6 Å². The smallest absolute Gasteiger partial charge is 0.322 e. The lowest BCUT2D eigenvalue weighted by atomic mass is 10.1. The summed E-state index contributed by atoms with van der Waals surface area (Å²) in [5.41, 5.74) is 3.03. The molecule has 1 saturated heterocycles. The molecule has 2 atom stereocenters. The number of aromatic nitrogens is 1. The standard InChI is InChI=1S/C24H26N2O4/c1-16-20(26-23(30-16)18-6-4-3-5-7-18)14-15-29-19-10-8-17(9-11-19)21-12-13-22(25-21)24(27)28-2/h3-11,21-22,25H,12-15H2,1-2H3/t21-,22?/m1/s1. The number of carbonyl (C=O) groups excluding carboxylic acids is 1. The van der Waals surface area contributed by atoms with E-state index in [1.54, 1.807) is 0 Å². The lowest BCUT2D eigenvalue weighted by Crippen LogP contribution is -2.33. The van der Waals surface area contributed by atoms with Crippen LogP contribution in [-0.4, -0.2) is 30.7 Å². The van der Waals surface area contributed by atoms with Crippen molar-refractivity contribution in [1.82, 2.24) is 10.3 Å². The maximum absolute atomic E-state index is 11.7. The summed E-state index contributed by atoms with van der Waals surface area (Å²) in [6.45, 7) is 2.45. The molecule has 1 aliphatic rings. The van der Waals surface area contributed by atoms with Crippen molar-refractivity contribution in [3.8, 4) is 17.2 Å². The Hall–Kier alpha value is -3.12. The van der Waals surface area contributed by atoms with E-state index >= 15 is 0 Å². The van der Waals surface area contributed by atoms with Crippen molar-refractivity contribution in [2.24, 2.45) is 0 Å². The minimum Gasteiger partial charge on any atom is -0.493 e. The molecule has 2 aromatic carbocycles. The molecule has 6 nitrogen and oxygen atoms in total. The van der Waals surface area contributed by atoms with Gasteiger partial charge in [0.25, 0.3) is 0 Å². The quantitative estimate of drug-likeness (QED) is 0.592. The first-order chi connectivity index (χ1) is 14.6. The molecule has 0 amide bonds. The number of carbonyl (C=O) groups is 1. The van der Waals surface area contributed by atoms with E-state index in [-0.39, 0.29) is 18.1 Å². The van der Waals surface area contributed by atoms with E-state index in [1.165, 1.54) is 7.11 Å². The van der Waals surface area contributed by atoms with Crippen LogP contribution in [0.25, 0.3) is 11.5 Å². The highest BCUT2D eigenvalue weighted by Gasteiger charge is 2.30. The van der Waals surface area contributed by atoms with E-state index < -0.39 is 0 Å². The second-order valence-electron chi connectivity index (χ2n) is 7.43. The number of ether oxygens (including phenoxy) is 2. The second kappa shape index (κ2) is 9.13. The van der Waals surface area contributed by atoms with Crippen LogP contribution in [0.2, 0.25) is 0 Å². The van der Waals surface area contributed by atoms with Crippen molar-refractivity contribution >= 4 is 5.97 Å². The van der Waals surface area contributed by atoms with Crippen LogP contribution in [-0.2, 0) is 16.0 Å². The van der Waals surface area contributed by atoms with Gasteiger partial charge in [-0.1, -0.05) is 30.3 Å². The summed E-state index contributed by atoms with van der Waals surface area (Å²) in [4.78, 5) is 16.3. The van der Waals surface area contributed by atoms with Crippen molar-refractivity contribution in [3.63, 3.8) is 0 Å². The molecular weight excluding hydrogens is 380 g/mol. The zero-order valence-corrected chi connectivity index (χ0v) is 17.3. The van der Waals surface area contributed by atoms with Crippen molar-refractivity contribution in [2.75, 3.05) is 13.7 Å². The largest absolute Gasteiger partial charge is 0.493 e. The summed E-state index contributed by atoms with van der Waals surface area (Å²) >= 11 is 0. The fraction of sp³-hybridized carbons (Fsp3) is 0.333. The molecule has 3 aromatic rings. The van der Waals surface area contributed by atoms with Gasteiger partial charge in [0.1, 0.15) is 17.6 Å². The molecule has 30 heavy (non-hydrogen) atoms. The van der Waals surface area contributed by atoms with Crippen molar-refractivity contribution in [1.29, 1.82) is 0 Å². The van der Waals surface area contributed by atoms with Crippen LogP contribution in [0.5, 0.6) is 5.75 Å². The molecule has 1 aromatic heterocycles. The maximum atomic E-state index is 11.7. The number of hydrogen-bond donors (Lipinski definition) is 1. The third-order valence-electron chi connectivity index (χ3n) is 5.44. The van der Waals surface area contributed by atoms with Crippen LogP contribution in [0.3, 0.4) is 0 Å². The Bertz CT molecular complexity index is 982. The van der Waals surface area contributed by atoms with Crippen LogP contribution < -0.4 is 10.1 Å². The summed E-state index contributed by atoms with van der Waals surface area (Å²) < 4.78 is 16.5. The van der Waals surface area contributed by atoms with Crippen LogP contribution in [0.1, 0.15) is 35.9 Å². The Morgan fingerprint density at radius 3 is 2.63 bits per heavy atom. The van der Waals surface area contributed by atoms with Gasteiger partial charge in [0, 0.05) is 18.0 Å². The first kappa shape index (κ1) is 20.2. The van der Waals surface area contributed by atoms with Crippen molar-refractivity contribution in [3.05, 3.63) is 71.6 Å². The molecule has 1 fully saturated rings. The summed E-state index contributed by atoms with van der Waals surface area (Å²) in [6.07, 6.45) is 2.38. The van der Waals surface area contributed by atoms with Gasteiger partial charge < -0.3 is 13.9 Å². The number of oxazole rings is 1. The number of rotatable bonds is 7. The lowest BCUT2D eigenvalue weighted by Gasteiger charge is -2.14. The topological polar surface area (TPSA) is 73.6 Å². The maximum Gasteiger partial charge on any atom is 0.322 e. The normalized spacial score (nSPS) is 18.3. The summed E-state index contributed by atoms with van der Waals surface area (Å²) in [6, 6.07) is 17.8. The van der Waals surface area contributed by atoms with Gasteiger partial charge in [0.05, 0.1) is 19.4 Å². The van der Waals surface area contributed by atoms with E-state index in [2.05, 4.69) is 10.3 Å². The second-order valence-corrected chi connectivity index (χ2v) is 7.43. The predicted molar refractivity (Wildman–Crippen MR) is 113 cm³/mol. The fourth-order valence-corrected chi connectivity index (χ4v) is 3.76. The number of methoxy groups -OCH3 is 1. The van der Waals surface area contributed by atoms with Gasteiger partial charge in [-0.25, -0.2) is 4.98 Å². The van der Waals surface area contributed by atoms with E-state index in [1.807, 2.05) is 61.5 Å². The molecule has 1 N–H and O–H groups in total. The molecule has 156 valence electrons. The van der Waals surface area contributed by atoms with Gasteiger partial charge in [-0.2, -0.15) is 0 Å². The SMILES string of the molecule is COC(=O)C1CC[C@H](c2ccc(OCCc3nc(-c4ccccc4)oc3C)cc2)N1. The average molecular weight is 406 g/mol. The monoisotopic (exact) mass is 406 g/mol. The van der Waals surface area contributed by atoms with E-state index in [0.29, 0.717) is 18.9 Å². The molecule has 0 aliphatic carbocycles. The highest BCUT2D eigenvalue weighted by atomic mass is 16.5. The number of benzene rings is 2. The highest BCUT2D eigenvalue weighted by Crippen LogP contribution is 2.28. The molecule has 2 heterocycles. The first-order valence-electron chi connectivity index (χ1n) is 10.2. The zero-order chi connectivity index (χ0) is 20.9. The van der Waals surface area contributed by atoms with Crippen LogP contribution in [0.15, 0.2) is 59.0 Å². The number of nitrogens with one attached hydrogen (secondary N) is 1. The highest BCUT2D eigenvalue weighted by molar-refractivity contribution is 5.76. The van der Waals surface area contributed by atoms with Gasteiger partial charge in [0.15, 0.2) is 0 Å². The lowest BCUT2D eigenvalue weighted by molar-refractivity contribution is -0.142. The molecule has 4 rings (SSSR count). The van der Waals surface area contributed by atoms with Crippen molar-refractivity contribution < 1.29 is 18.7 Å². The van der Waals surface area contributed by atoms with E-state index in [4.69, 9.17) is 13.9 Å². The molecule has 0 bridgehead atoms. The Morgan fingerprint density at radius 2 is 1.90 bits per heavy atom. The Balaban J connectivity index is 1.30. The molecule has 0 spiro atoms. The number of hydrogen-bond acceptors (Lipinski definition) is 6. The summed E-state index contributed by atoms with van der Waals surface area (Å²) in [5, 5.41) is 3.33. The molecule has 1 aliphatic heterocycles. The zero-order valence-electron chi connectivity index (χ0n) is 17.3. The number of esters is 1. The van der Waals surface area contributed by atoms with Gasteiger partial charge in [-0.3, -0.25) is 10.1 Å². The van der Waals surface area contributed by atoms with Gasteiger partial charge in [-0.15, -0.1) is 0 Å². The molecular formula is C24H26N2O4.